The average molecular weight is 389 g/mol. The SMILES string of the molecule is C=CC(=O)OCCOCCOCCNC(=O)Oc1ccc2c(O)cccc2c1. The molecule has 0 aliphatic carbocycles. The van der Waals surface area contributed by atoms with Gasteiger partial charge in [0.2, 0.25) is 0 Å². The number of carbonyl (C=O) groups excluding carboxylic acids is 2. The molecule has 2 aromatic rings. The van der Waals surface area contributed by atoms with Gasteiger partial charge in [-0.1, -0.05) is 18.7 Å². The van der Waals surface area contributed by atoms with Crippen LogP contribution >= 0.6 is 0 Å². The van der Waals surface area contributed by atoms with Gasteiger partial charge in [0.05, 0.1) is 26.4 Å². The fourth-order valence-corrected chi connectivity index (χ4v) is 2.26. The quantitative estimate of drug-likeness (QED) is 0.345. The average Bonchev–Trinajstić information content (AvgIpc) is 2.69. The first-order chi connectivity index (χ1) is 13.6. The van der Waals surface area contributed by atoms with E-state index in [0.29, 0.717) is 31.0 Å². The Balaban J connectivity index is 1.55. The van der Waals surface area contributed by atoms with Gasteiger partial charge in [0.1, 0.15) is 18.1 Å². The van der Waals surface area contributed by atoms with E-state index in [2.05, 4.69) is 11.9 Å². The molecule has 0 saturated carbocycles. The second-order valence-corrected chi connectivity index (χ2v) is 5.57. The molecule has 2 N–H and O–H groups in total. The third-order valence-corrected chi connectivity index (χ3v) is 3.57. The molecular weight excluding hydrogens is 366 g/mol. The number of rotatable bonds is 11. The van der Waals surface area contributed by atoms with Crippen molar-refractivity contribution in [1.29, 1.82) is 0 Å². The zero-order valence-electron chi connectivity index (χ0n) is 15.4. The zero-order chi connectivity index (χ0) is 20.2. The Labute approximate surface area is 162 Å². The minimum atomic E-state index is -0.594. The Hall–Kier alpha value is -3.10. The number of benzene rings is 2. The van der Waals surface area contributed by atoms with Crippen LogP contribution < -0.4 is 10.1 Å². The van der Waals surface area contributed by atoms with Crippen molar-refractivity contribution >= 4 is 22.8 Å². The summed E-state index contributed by atoms with van der Waals surface area (Å²) in [6, 6.07) is 10.1. The van der Waals surface area contributed by atoms with Gasteiger partial charge in [-0.15, -0.1) is 0 Å². The highest BCUT2D eigenvalue weighted by Gasteiger charge is 2.06. The minimum absolute atomic E-state index is 0.159. The van der Waals surface area contributed by atoms with Crippen molar-refractivity contribution in [2.45, 2.75) is 0 Å². The monoisotopic (exact) mass is 389 g/mol. The highest BCUT2D eigenvalue weighted by molar-refractivity contribution is 5.89. The summed E-state index contributed by atoms with van der Waals surface area (Å²) in [6.07, 6.45) is 0.495. The van der Waals surface area contributed by atoms with Crippen molar-refractivity contribution < 1.29 is 33.6 Å². The molecular formula is C20H23NO7. The highest BCUT2D eigenvalue weighted by Crippen LogP contribution is 2.27. The van der Waals surface area contributed by atoms with Gasteiger partial charge in [-0.25, -0.2) is 9.59 Å². The van der Waals surface area contributed by atoms with Gasteiger partial charge >= 0.3 is 12.1 Å². The maximum atomic E-state index is 11.8. The molecule has 8 heteroatoms. The Morgan fingerprint density at radius 2 is 1.79 bits per heavy atom. The van der Waals surface area contributed by atoms with Gasteiger partial charge < -0.3 is 29.4 Å². The zero-order valence-corrected chi connectivity index (χ0v) is 15.4. The van der Waals surface area contributed by atoms with E-state index in [1.165, 1.54) is 0 Å². The number of amides is 1. The third-order valence-electron chi connectivity index (χ3n) is 3.57. The predicted octanol–water partition coefficient (Wildman–Crippen LogP) is 2.40. The van der Waals surface area contributed by atoms with Crippen LogP contribution in [0.5, 0.6) is 11.5 Å². The van der Waals surface area contributed by atoms with Crippen molar-refractivity contribution in [3.05, 3.63) is 49.1 Å². The van der Waals surface area contributed by atoms with E-state index >= 15 is 0 Å². The number of esters is 1. The van der Waals surface area contributed by atoms with Gasteiger partial charge in [-0.3, -0.25) is 0 Å². The molecule has 0 aromatic heterocycles. The molecule has 0 aliphatic heterocycles. The molecule has 0 atom stereocenters. The molecule has 8 nitrogen and oxygen atoms in total. The second kappa shape index (κ2) is 11.6. The van der Waals surface area contributed by atoms with Gasteiger partial charge in [-0.2, -0.15) is 0 Å². The summed E-state index contributed by atoms with van der Waals surface area (Å²) in [7, 11) is 0. The van der Waals surface area contributed by atoms with Crippen LogP contribution in [0, 0.1) is 0 Å². The fraction of sp³-hybridized carbons (Fsp3) is 0.300. The van der Waals surface area contributed by atoms with Crippen molar-refractivity contribution in [3.63, 3.8) is 0 Å². The van der Waals surface area contributed by atoms with Crippen LogP contribution in [0.3, 0.4) is 0 Å². The van der Waals surface area contributed by atoms with Gasteiger partial charge in [-0.05, 0) is 29.7 Å². The maximum absolute atomic E-state index is 11.8. The van der Waals surface area contributed by atoms with E-state index in [1.807, 2.05) is 6.07 Å². The Bertz CT molecular complexity index is 806. The Kier molecular flexibility index (Phi) is 8.77. The standard InChI is InChI=1S/C20H23NO7/c1-2-19(23)27-13-12-26-11-10-25-9-8-21-20(24)28-16-6-7-17-15(14-16)4-3-5-18(17)22/h2-7,14,22H,1,8-13H2,(H,21,24). The number of hydrogen-bond donors (Lipinski definition) is 2. The Morgan fingerprint density at radius 3 is 2.57 bits per heavy atom. The third kappa shape index (κ3) is 7.26. The largest absolute Gasteiger partial charge is 0.507 e. The van der Waals surface area contributed by atoms with Crippen molar-refractivity contribution in [2.75, 3.05) is 39.6 Å². The lowest BCUT2D eigenvalue weighted by atomic mass is 10.1. The smallest absolute Gasteiger partial charge is 0.412 e. The number of nitrogens with one attached hydrogen (secondary N) is 1. The van der Waals surface area contributed by atoms with Crippen LogP contribution in [-0.2, 0) is 19.0 Å². The molecule has 0 heterocycles. The molecule has 28 heavy (non-hydrogen) atoms. The lowest BCUT2D eigenvalue weighted by Gasteiger charge is -2.09. The summed E-state index contributed by atoms with van der Waals surface area (Å²) >= 11 is 0. The van der Waals surface area contributed by atoms with Gasteiger partial charge in [0.25, 0.3) is 0 Å². The lowest BCUT2D eigenvalue weighted by molar-refractivity contribution is -0.139. The summed E-state index contributed by atoms with van der Waals surface area (Å²) < 4.78 is 20.5. The summed E-state index contributed by atoms with van der Waals surface area (Å²) in [5, 5.41) is 13.8. The minimum Gasteiger partial charge on any atom is -0.507 e. The maximum Gasteiger partial charge on any atom is 0.412 e. The second-order valence-electron chi connectivity index (χ2n) is 5.57. The van der Waals surface area contributed by atoms with Crippen LogP contribution in [0.15, 0.2) is 49.1 Å². The lowest BCUT2D eigenvalue weighted by Crippen LogP contribution is -2.30. The number of aromatic hydroxyl groups is 1. The summed E-state index contributed by atoms with van der Waals surface area (Å²) in [4.78, 5) is 22.6. The Morgan fingerprint density at radius 1 is 1.04 bits per heavy atom. The number of ether oxygens (including phenoxy) is 4. The number of carbonyl (C=O) groups is 2. The van der Waals surface area contributed by atoms with E-state index in [9.17, 15) is 14.7 Å². The molecule has 0 saturated heterocycles. The van der Waals surface area contributed by atoms with E-state index in [1.54, 1.807) is 30.3 Å². The highest BCUT2D eigenvalue weighted by atomic mass is 16.6. The molecule has 1 amide bonds. The van der Waals surface area contributed by atoms with Crippen molar-refractivity contribution in [2.24, 2.45) is 0 Å². The number of fused-ring (bicyclic) bond motifs is 1. The summed E-state index contributed by atoms with van der Waals surface area (Å²) in [5.41, 5.74) is 0. The van der Waals surface area contributed by atoms with Crippen LogP contribution in [0.2, 0.25) is 0 Å². The van der Waals surface area contributed by atoms with Crippen LogP contribution in [-0.4, -0.2) is 56.7 Å². The predicted molar refractivity (Wildman–Crippen MR) is 102 cm³/mol. The first kappa shape index (κ1) is 21.2. The van der Waals surface area contributed by atoms with Gasteiger partial charge in [0.15, 0.2) is 0 Å². The number of phenolic OH excluding ortho intramolecular Hbond substituents is 1. The molecule has 0 fully saturated rings. The molecule has 0 spiro atoms. The first-order valence-corrected chi connectivity index (χ1v) is 8.72. The molecule has 0 unspecified atom stereocenters. The number of phenols is 1. The topological polar surface area (TPSA) is 103 Å². The van der Waals surface area contributed by atoms with Crippen molar-refractivity contribution in [1.82, 2.24) is 5.32 Å². The fourth-order valence-electron chi connectivity index (χ4n) is 2.26. The molecule has 0 bridgehead atoms. The van der Waals surface area contributed by atoms with Crippen molar-refractivity contribution in [3.8, 4) is 11.5 Å². The molecule has 0 radical (unpaired) electrons. The molecule has 2 rings (SSSR count). The molecule has 150 valence electrons. The van der Waals surface area contributed by atoms with E-state index in [4.69, 9.17) is 18.9 Å². The number of hydrogen-bond acceptors (Lipinski definition) is 7. The van der Waals surface area contributed by atoms with Crippen LogP contribution in [0.4, 0.5) is 4.79 Å². The van der Waals surface area contributed by atoms with Gasteiger partial charge in [0, 0.05) is 18.0 Å². The van der Waals surface area contributed by atoms with E-state index < -0.39 is 12.1 Å². The van der Waals surface area contributed by atoms with E-state index in [-0.39, 0.29) is 25.5 Å². The molecule has 2 aromatic carbocycles. The van der Waals surface area contributed by atoms with Crippen LogP contribution in [0.25, 0.3) is 10.8 Å². The first-order valence-electron chi connectivity index (χ1n) is 8.72. The van der Waals surface area contributed by atoms with Crippen LogP contribution in [0.1, 0.15) is 0 Å². The molecule has 0 aliphatic rings. The summed E-state index contributed by atoms with van der Waals surface area (Å²) in [5.74, 6) is 0.0640. The normalized spacial score (nSPS) is 10.4. The van der Waals surface area contributed by atoms with E-state index in [0.717, 1.165) is 11.5 Å². The summed E-state index contributed by atoms with van der Waals surface area (Å²) in [6.45, 7) is 5.00.